The third-order valence-electron chi connectivity index (χ3n) is 6.34. The number of anilines is 1. The maximum atomic E-state index is 12.8. The highest BCUT2D eigenvalue weighted by Crippen LogP contribution is 2.22. The van der Waals surface area contributed by atoms with Gasteiger partial charge in [0.05, 0.1) is 13.0 Å². The lowest BCUT2D eigenvalue weighted by Gasteiger charge is -2.30. The monoisotopic (exact) mass is 603 g/mol. The van der Waals surface area contributed by atoms with Crippen LogP contribution in [0, 0.1) is 0 Å². The zero-order valence-corrected chi connectivity index (χ0v) is 24.4. The maximum Gasteiger partial charge on any atom is 0.436 e. The number of amides is 4. The minimum absolute atomic E-state index is 0. The topological polar surface area (TPSA) is 159 Å². The van der Waals surface area contributed by atoms with Gasteiger partial charge in [0.15, 0.2) is 5.84 Å². The number of likely N-dealkylation sites (N-methyl/N-ethyl adjacent to an activating group) is 1. The number of unbranched alkanes of at least 4 members (excludes halogenated alkanes) is 1. The highest BCUT2D eigenvalue weighted by atomic mass is 35.5. The molecule has 13 nitrogen and oxygen atoms in total. The number of hydrogen-bond acceptors (Lipinski definition) is 8. The Bertz CT molecular complexity index is 1020. The number of nitrogens with one attached hydrogen (secondary N) is 2. The summed E-state index contributed by atoms with van der Waals surface area (Å²) in [5, 5.41) is 8.99. The van der Waals surface area contributed by atoms with Gasteiger partial charge >= 0.3 is 18.1 Å². The van der Waals surface area contributed by atoms with Crippen LogP contribution in [0.3, 0.4) is 0 Å². The summed E-state index contributed by atoms with van der Waals surface area (Å²) in [5.74, 6) is -0.573. The maximum absolute atomic E-state index is 12.8. The minimum atomic E-state index is -0.674. The van der Waals surface area contributed by atoms with Crippen molar-refractivity contribution in [3.05, 3.63) is 29.8 Å². The first-order valence-electron chi connectivity index (χ1n) is 12.9. The molecule has 2 heterocycles. The predicted octanol–water partition coefficient (Wildman–Crippen LogP) is 1.67. The van der Waals surface area contributed by atoms with Crippen LogP contribution in [-0.2, 0) is 19.2 Å². The van der Waals surface area contributed by atoms with Gasteiger partial charge in [0.1, 0.15) is 6.04 Å². The molecule has 4 N–H and O–H groups in total. The standard InChI is InChI=1S/C25H37N7O6.2ClH/c1-3-4-17-37-21(33)9-11-27-24(35)28-20-10-12-32(23(20)34)19-7-5-18(6-8-19)22(26)29-38-25(36)31-15-13-30(2)14-16-31;;/h5-8,20H,3-4,9-17H2,1-2H3,(H2,26,29)(H2,27,28,35);2*1H/t20-;;/m0../s1. The van der Waals surface area contributed by atoms with Gasteiger partial charge in [-0.25, -0.2) is 9.59 Å². The fraction of sp³-hybridized carbons (Fsp3) is 0.560. The Kier molecular flexibility index (Phi) is 15.1. The lowest BCUT2D eigenvalue weighted by molar-refractivity contribution is -0.143. The summed E-state index contributed by atoms with van der Waals surface area (Å²) in [5.41, 5.74) is 7.15. The number of carbonyl (C=O) groups excluding carboxylic acids is 4. The quantitative estimate of drug-likeness (QED) is 0.0909. The molecule has 3 rings (SSSR count). The SMILES string of the molecule is CCCCOC(=O)CCNC(=O)N[C@H]1CCN(c2ccc(C(N)=NOC(=O)N3CCN(C)CC3)cc2)C1=O.Cl.Cl. The molecule has 2 saturated heterocycles. The average Bonchev–Trinajstić information content (AvgIpc) is 3.27. The Morgan fingerprint density at radius 1 is 1.07 bits per heavy atom. The molecule has 0 bridgehead atoms. The molecule has 1 atom stereocenters. The predicted molar refractivity (Wildman–Crippen MR) is 155 cm³/mol. The summed E-state index contributed by atoms with van der Waals surface area (Å²) in [6.45, 7) is 5.59. The van der Waals surface area contributed by atoms with Gasteiger partial charge in [-0.2, -0.15) is 0 Å². The number of nitrogens with zero attached hydrogens (tertiary/aromatic N) is 4. The van der Waals surface area contributed by atoms with Crippen LogP contribution in [0.5, 0.6) is 0 Å². The van der Waals surface area contributed by atoms with Crippen molar-refractivity contribution in [3.8, 4) is 0 Å². The molecule has 0 spiro atoms. The van der Waals surface area contributed by atoms with Gasteiger partial charge in [0, 0.05) is 50.5 Å². The molecular weight excluding hydrogens is 565 g/mol. The number of carbonyl (C=O) groups is 4. The van der Waals surface area contributed by atoms with Crippen molar-refractivity contribution in [1.82, 2.24) is 20.4 Å². The molecule has 15 heteroatoms. The molecule has 2 fully saturated rings. The van der Waals surface area contributed by atoms with Gasteiger partial charge in [-0.3, -0.25) is 14.4 Å². The first-order chi connectivity index (χ1) is 18.3. The van der Waals surface area contributed by atoms with Crippen molar-refractivity contribution in [2.45, 2.75) is 38.6 Å². The Morgan fingerprint density at radius 3 is 2.40 bits per heavy atom. The number of nitrogens with two attached hydrogens (primary N) is 1. The number of benzene rings is 1. The largest absolute Gasteiger partial charge is 0.466 e. The van der Waals surface area contributed by atoms with Crippen molar-refractivity contribution >= 4 is 60.3 Å². The fourth-order valence-corrected chi connectivity index (χ4v) is 3.96. The van der Waals surface area contributed by atoms with Crippen molar-refractivity contribution in [3.63, 3.8) is 0 Å². The summed E-state index contributed by atoms with van der Waals surface area (Å²) in [6.07, 6.45) is 1.70. The van der Waals surface area contributed by atoms with E-state index >= 15 is 0 Å². The van der Waals surface area contributed by atoms with E-state index in [0.717, 1.165) is 25.9 Å². The van der Waals surface area contributed by atoms with E-state index in [1.54, 1.807) is 34.1 Å². The molecule has 4 amide bonds. The number of hydrogen-bond donors (Lipinski definition) is 3. The zero-order valence-electron chi connectivity index (χ0n) is 22.8. The molecule has 1 aromatic carbocycles. The number of esters is 1. The van der Waals surface area contributed by atoms with Gasteiger partial charge in [0.25, 0.3) is 0 Å². The van der Waals surface area contributed by atoms with Crippen molar-refractivity contribution < 1.29 is 28.8 Å². The molecular formula is C25H39Cl2N7O6. The van der Waals surface area contributed by atoms with Crippen LogP contribution in [-0.4, -0.2) is 98.6 Å². The van der Waals surface area contributed by atoms with E-state index in [-0.39, 0.29) is 55.5 Å². The van der Waals surface area contributed by atoms with Crippen molar-refractivity contribution in [2.24, 2.45) is 10.9 Å². The number of piperazine rings is 1. The van der Waals surface area contributed by atoms with Crippen LogP contribution in [0.1, 0.15) is 38.2 Å². The van der Waals surface area contributed by atoms with Crippen LogP contribution in [0.4, 0.5) is 15.3 Å². The Morgan fingerprint density at radius 2 is 1.75 bits per heavy atom. The lowest BCUT2D eigenvalue weighted by Crippen LogP contribution is -2.47. The van der Waals surface area contributed by atoms with E-state index in [1.165, 1.54) is 0 Å². The van der Waals surface area contributed by atoms with E-state index in [4.69, 9.17) is 15.3 Å². The lowest BCUT2D eigenvalue weighted by atomic mass is 10.2. The number of oxime groups is 1. The highest BCUT2D eigenvalue weighted by Gasteiger charge is 2.33. The van der Waals surface area contributed by atoms with Gasteiger partial charge in [-0.05, 0) is 44.2 Å². The van der Waals surface area contributed by atoms with E-state index in [0.29, 0.717) is 43.9 Å². The van der Waals surface area contributed by atoms with Gasteiger partial charge in [-0.15, -0.1) is 24.8 Å². The molecule has 224 valence electrons. The normalized spacial score (nSPS) is 17.4. The zero-order chi connectivity index (χ0) is 27.5. The van der Waals surface area contributed by atoms with Gasteiger partial charge < -0.3 is 35.8 Å². The second-order valence-electron chi connectivity index (χ2n) is 9.23. The molecule has 0 unspecified atom stereocenters. The van der Waals surface area contributed by atoms with E-state index < -0.39 is 18.2 Å². The van der Waals surface area contributed by atoms with Gasteiger partial charge in [0.2, 0.25) is 5.91 Å². The molecule has 0 radical (unpaired) electrons. The van der Waals surface area contributed by atoms with Crippen molar-refractivity contribution in [1.29, 1.82) is 0 Å². The van der Waals surface area contributed by atoms with Crippen LogP contribution in [0.2, 0.25) is 0 Å². The summed E-state index contributed by atoms with van der Waals surface area (Å²) >= 11 is 0. The molecule has 0 aliphatic carbocycles. The molecule has 1 aromatic rings. The van der Waals surface area contributed by atoms with E-state index in [1.807, 2.05) is 14.0 Å². The number of halogens is 2. The van der Waals surface area contributed by atoms with Gasteiger partial charge in [-0.1, -0.05) is 18.5 Å². The third-order valence-corrected chi connectivity index (χ3v) is 6.34. The summed E-state index contributed by atoms with van der Waals surface area (Å²) in [7, 11) is 1.99. The second kappa shape index (κ2) is 17.4. The number of urea groups is 1. The van der Waals surface area contributed by atoms with E-state index in [2.05, 4.69) is 20.7 Å². The van der Waals surface area contributed by atoms with Crippen LogP contribution >= 0.6 is 24.8 Å². The first-order valence-corrected chi connectivity index (χ1v) is 12.9. The molecule has 0 saturated carbocycles. The summed E-state index contributed by atoms with van der Waals surface area (Å²) < 4.78 is 5.04. The molecule has 40 heavy (non-hydrogen) atoms. The Balaban J connectivity index is 0.00000400. The Labute approximate surface area is 246 Å². The molecule has 2 aliphatic rings. The average molecular weight is 605 g/mol. The summed E-state index contributed by atoms with van der Waals surface area (Å²) in [4.78, 5) is 59.0. The fourth-order valence-electron chi connectivity index (χ4n) is 3.96. The molecule has 2 aliphatic heterocycles. The molecule has 0 aromatic heterocycles. The van der Waals surface area contributed by atoms with Crippen molar-refractivity contribution in [2.75, 3.05) is 57.8 Å². The number of amidine groups is 1. The number of rotatable bonds is 10. The van der Waals surface area contributed by atoms with Crippen LogP contribution < -0.4 is 21.3 Å². The van der Waals surface area contributed by atoms with Crippen LogP contribution in [0.25, 0.3) is 0 Å². The second-order valence-corrected chi connectivity index (χ2v) is 9.23. The van der Waals surface area contributed by atoms with E-state index in [9.17, 15) is 19.2 Å². The summed E-state index contributed by atoms with van der Waals surface area (Å²) in [6, 6.07) is 5.59. The smallest absolute Gasteiger partial charge is 0.436 e. The first kappa shape index (κ1) is 34.7. The highest BCUT2D eigenvalue weighted by molar-refractivity contribution is 6.02. The Hall–Kier alpha value is -3.29. The minimum Gasteiger partial charge on any atom is -0.466 e. The number of ether oxygens (including phenoxy) is 1. The van der Waals surface area contributed by atoms with Crippen LogP contribution in [0.15, 0.2) is 29.4 Å². The third kappa shape index (κ3) is 10.4.